The zero-order valence-electron chi connectivity index (χ0n) is 8.33. The molecule has 0 amide bonds. The van der Waals surface area contributed by atoms with Gasteiger partial charge < -0.3 is 15.2 Å². The summed E-state index contributed by atoms with van der Waals surface area (Å²) in [5, 5.41) is 11.6. The fourth-order valence-electron chi connectivity index (χ4n) is 1.48. The van der Waals surface area contributed by atoms with E-state index in [1.165, 1.54) is 0 Å². The fourth-order valence-corrected chi connectivity index (χ4v) is 1.48. The van der Waals surface area contributed by atoms with Gasteiger partial charge in [0.2, 0.25) is 0 Å². The molecule has 0 bridgehead atoms. The van der Waals surface area contributed by atoms with Crippen molar-refractivity contribution in [1.82, 2.24) is 5.32 Å². The number of ether oxygens (including phenoxy) is 1. The van der Waals surface area contributed by atoms with E-state index in [0.717, 1.165) is 0 Å². The van der Waals surface area contributed by atoms with E-state index in [-0.39, 0.29) is 11.7 Å². The lowest BCUT2D eigenvalue weighted by Crippen LogP contribution is -2.30. The molecule has 1 aliphatic rings. The van der Waals surface area contributed by atoms with Crippen LogP contribution in [0.5, 0.6) is 0 Å². The van der Waals surface area contributed by atoms with E-state index in [0.29, 0.717) is 13.0 Å². The van der Waals surface area contributed by atoms with Crippen LogP contribution in [0.2, 0.25) is 0 Å². The van der Waals surface area contributed by atoms with Crippen molar-refractivity contribution in [2.24, 2.45) is 0 Å². The van der Waals surface area contributed by atoms with E-state index >= 15 is 0 Å². The van der Waals surface area contributed by atoms with Crippen LogP contribution in [0.15, 0.2) is 0 Å². The van der Waals surface area contributed by atoms with Gasteiger partial charge in [-0.3, -0.25) is 4.79 Å². The predicted octanol–water partition coefficient (Wildman–Crippen LogP) is 0.617. The number of carboxylic acids is 1. The number of hydrogen-bond donors (Lipinski definition) is 2. The molecule has 0 aromatic carbocycles. The molecule has 1 heterocycles. The molecule has 2 atom stereocenters. The fraction of sp³-hybridized carbons (Fsp3) is 0.889. The van der Waals surface area contributed by atoms with E-state index in [4.69, 9.17) is 9.84 Å². The number of hydrogen-bond acceptors (Lipinski definition) is 3. The first-order chi connectivity index (χ1) is 5.88. The van der Waals surface area contributed by atoms with Crippen LogP contribution in [-0.2, 0) is 9.53 Å². The number of carbonyl (C=O) groups is 1. The van der Waals surface area contributed by atoms with Crippen LogP contribution in [-0.4, -0.2) is 35.4 Å². The van der Waals surface area contributed by atoms with Crippen molar-refractivity contribution in [2.45, 2.75) is 44.9 Å². The third kappa shape index (κ3) is 3.32. The zero-order chi connectivity index (χ0) is 10.1. The summed E-state index contributed by atoms with van der Waals surface area (Å²) < 4.78 is 5.65. The van der Waals surface area contributed by atoms with Gasteiger partial charge in [-0.25, -0.2) is 0 Å². The van der Waals surface area contributed by atoms with Crippen LogP contribution >= 0.6 is 0 Å². The maximum Gasteiger partial charge on any atom is 0.320 e. The third-order valence-electron chi connectivity index (χ3n) is 1.91. The molecule has 0 spiro atoms. The minimum absolute atomic E-state index is 0.0288. The van der Waals surface area contributed by atoms with Crippen LogP contribution in [0.1, 0.15) is 27.2 Å². The first-order valence-corrected chi connectivity index (χ1v) is 4.52. The smallest absolute Gasteiger partial charge is 0.320 e. The van der Waals surface area contributed by atoms with Crippen molar-refractivity contribution < 1.29 is 14.6 Å². The lowest BCUT2D eigenvalue weighted by molar-refractivity contribution is -0.139. The van der Waals surface area contributed by atoms with Gasteiger partial charge in [-0.05, 0) is 20.8 Å². The molecule has 13 heavy (non-hydrogen) atoms. The van der Waals surface area contributed by atoms with Crippen molar-refractivity contribution in [1.29, 1.82) is 0 Å². The zero-order valence-corrected chi connectivity index (χ0v) is 8.33. The van der Waals surface area contributed by atoms with Crippen LogP contribution in [0.25, 0.3) is 0 Å². The van der Waals surface area contributed by atoms with Gasteiger partial charge in [0.05, 0.1) is 11.7 Å². The molecular weight excluding hydrogens is 170 g/mol. The summed E-state index contributed by atoms with van der Waals surface area (Å²) in [6.45, 7) is 6.55. The van der Waals surface area contributed by atoms with Gasteiger partial charge in [0.25, 0.3) is 0 Å². The average molecular weight is 187 g/mol. The van der Waals surface area contributed by atoms with Gasteiger partial charge in [-0.1, -0.05) is 0 Å². The maximum atomic E-state index is 10.6. The van der Waals surface area contributed by atoms with E-state index in [1.54, 1.807) is 0 Å². The molecule has 2 N–H and O–H groups in total. The lowest BCUT2D eigenvalue weighted by Gasteiger charge is -2.24. The highest BCUT2D eigenvalue weighted by atomic mass is 16.5. The number of carboxylic acid groups (broad SMARTS) is 1. The summed E-state index contributed by atoms with van der Waals surface area (Å²) in [5.41, 5.74) is -0.195. The Morgan fingerprint density at radius 2 is 2.15 bits per heavy atom. The summed E-state index contributed by atoms with van der Waals surface area (Å²) in [4.78, 5) is 10.6. The molecule has 0 aliphatic carbocycles. The number of rotatable bonds is 2. The maximum absolute atomic E-state index is 10.6. The lowest BCUT2D eigenvalue weighted by atomic mass is 10.1. The Bertz CT molecular complexity index is 198. The monoisotopic (exact) mass is 187 g/mol. The summed E-state index contributed by atoms with van der Waals surface area (Å²) in [5.74, 6) is -0.792. The van der Waals surface area contributed by atoms with Crippen molar-refractivity contribution in [2.75, 3.05) is 6.54 Å². The Morgan fingerprint density at radius 1 is 1.54 bits per heavy atom. The van der Waals surface area contributed by atoms with Crippen LogP contribution in [0.3, 0.4) is 0 Å². The van der Waals surface area contributed by atoms with Crippen LogP contribution in [0.4, 0.5) is 0 Å². The second kappa shape index (κ2) is 3.64. The Labute approximate surface area is 78.3 Å². The van der Waals surface area contributed by atoms with E-state index < -0.39 is 12.0 Å². The summed E-state index contributed by atoms with van der Waals surface area (Å²) in [6.07, 6.45) is 0.591. The second-order valence-electron chi connectivity index (χ2n) is 4.39. The standard InChI is InChI=1S/C9H17NO3/c1-9(2,3)13-6-4-7(8(11)12)10-5-6/h6-7,10H,4-5H2,1-3H3,(H,11,12)/t6?,7-/m0/s1. The second-order valence-corrected chi connectivity index (χ2v) is 4.39. The Balaban J connectivity index is 2.38. The average Bonchev–Trinajstić information content (AvgIpc) is 2.31. The van der Waals surface area contributed by atoms with E-state index in [1.807, 2.05) is 20.8 Å². The normalized spacial score (nSPS) is 29.2. The Hall–Kier alpha value is -0.610. The highest BCUT2D eigenvalue weighted by molar-refractivity contribution is 5.73. The Kier molecular flexibility index (Phi) is 2.93. The number of nitrogens with one attached hydrogen (secondary N) is 1. The van der Waals surface area contributed by atoms with Gasteiger partial charge >= 0.3 is 5.97 Å². The van der Waals surface area contributed by atoms with Crippen LogP contribution < -0.4 is 5.32 Å². The van der Waals surface area contributed by atoms with E-state index in [2.05, 4.69) is 5.32 Å². The summed E-state index contributed by atoms with van der Waals surface area (Å²) in [7, 11) is 0. The van der Waals surface area contributed by atoms with Crippen molar-refractivity contribution in [3.8, 4) is 0 Å². The molecule has 1 saturated heterocycles. The third-order valence-corrected chi connectivity index (χ3v) is 1.91. The van der Waals surface area contributed by atoms with Crippen molar-refractivity contribution in [3.05, 3.63) is 0 Å². The van der Waals surface area contributed by atoms with E-state index in [9.17, 15) is 4.79 Å². The van der Waals surface area contributed by atoms with Gasteiger partial charge in [0.15, 0.2) is 0 Å². The van der Waals surface area contributed by atoms with Gasteiger partial charge in [0, 0.05) is 13.0 Å². The summed E-state index contributed by atoms with van der Waals surface area (Å²) >= 11 is 0. The number of aliphatic carboxylic acids is 1. The minimum Gasteiger partial charge on any atom is -0.480 e. The van der Waals surface area contributed by atoms with Crippen molar-refractivity contribution in [3.63, 3.8) is 0 Å². The molecule has 4 heteroatoms. The van der Waals surface area contributed by atoms with Crippen molar-refractivity contribution >= 4 is 5.97 Å². The first-order valence-electron chi connectivity index (χ1n) is 4.52. The highest BCUT2D eigenvalue weighted by Gasteiger charge is 2.31. The molecule has 4 nitrogen and oxygen atoms in total. The van der Waals surface area contributed by atoms with Gasteiger partial charge in [-0.15, -0.1) is 0 Å². The predicted molar refractivity (Wildman–Crippen MR) is 48.7 cm³/mol. The highest BCUT2D eigenvalue weighted by Crippen LogP contribution is 2.17. The molecule has 0 aromatic rings. The molecule has 1 unspecified atom stereocenters. The molecule has 76 valence electrons. The first kappa shape index (κ1) is 10.5. The molecule has 0 saturated carbocycles. The van der Waals surface area contributed by atoms with Crippen LogP contribution in [0, 0.1) is 0 Å². The van der Waals surface area contributed by atoms with Gasteiger partial charge in [0.1, 0.15) is 6.04 Å². The van der Waals surface area contributed by atoms with Gasteiger partial charge in [-0.2, -0.15) is 0 Å². The summed E-state index contributed by atoms with van der Waals surface area (Å²) in [6, 6.07) is -0.438. The largest absolute Gasteiger partial charge is 0.480 e. The molecule has 1 fully saturated rings. The molecular formula is C9H17NO3. The molecule has 0 aromatic heterocycles. The topological polar surface area (TPSA) is 58.6 Å². The quantitative estimate of drug-likeness (QED) is 0.665. The minimum atomic E-state index is -0.792. The Morgan fingerprint density at radius 3 is 2.54 bits per heavy atom. The molecule has 1 rings (SSSR count). The molecule has 1 aliphatic heterocycles. The SMILES string of the molecule is CC(C)(C)OC1CN[C@H](C(=O)O)C1. The molecule has 0 radical (unpaired) electrons.